The fourth-order valence-electron chi connectivity index (χ4n) is 3.10. The monoisotopic (exact) mass is 413 g/mol. The molecule has 0 aliphatic carbocycles. The van der Waals surface area contributed by atoms with Crippen LogP contribution in [-0.2, 0) is 19.6 Å². The molecule has 0 saturated carbocycles. The van der Waals surface area contributed by atoms with Crippen molar-refractivity contribution in [2.24, 2.45) is 10.9 Å². The zero-order valence-corrected chi connectivity index (χ0v) is 17.3. The van der Waals surface area contributed by atoms with Crippen molar-refractivity contribution in [1.29, 1.82) is 0 Å². The SMILES string of the molecule is CC(=O)Nc1ccc(S(=O)(=O)NCCC2C=c3cc(C)c(C)cc3=NC2=O)cc1. The van der Waals surface area contributed by atoms with Gasteiger partial charge in [-0.05, 0) is 73.0 Å². The van der Waals surface area contributed by atoms with E-state index in [1.165, 1.54) is 31.2 Å². The summed E-state index contributed by atoms with van der Waals surface area (Å²) >= 11 is 0. The van der Waals surface area contributed by atoms with E-state index < -0.39 is 15.9 Å². The van der Waals surface area contributed by atoms with Crippen molar-refractivity contribution < 1.29 is 18.0 Å². The maximum Gasteiger partial charge on any atom is 0.253 e. The van der Waals surface area contributed by atoms with Crippen molar-refractivity contribution in [3.05, 3.63) is 58.1 Å². The van der Waals surface area contributed by atoms with Crippen LogP contribution in [0.4, 0.5) is 5.69 Å². The lowest BCUT2D eigenvalue weighted by Gasteiger charge is -2.14. The molecule has 1 aliphatic rings. The third kappa shape index (κ3) is 4.96. The first-order chi connectivity index (χ1) is 13.7. The lowest BCUT2D eigenvalue weighted by Crippen LogP contribution is -2.36. The zero-order valence-electron chi connectivity index (χ0n) is 16.5. The maximum atomic E-state index is 12.5. The summed E-state index contributed by atoms with van der Waals surface area (Å²) in [6.07, 6.45) is 2.17. The third-order valence-electron chi connectivity index (χ3n) is 4.80. The van der Waals surface area contributed by atoms with Crippen molar-refractivity contribution in [2.45, 2.75) is 32.1 Å². The van der Waals surface area contributed by atoms with Gasteiger partial charge >= 0.3 is 0 Å². The molecule has 7 nitrogen and oxygen atoms in total. The molecule has 2 N–H and O–H groups in total. The van der Waals surface area contributed by atoms with Crippen molar-refractivity contribution in [3.8, 4) is 0 Å². The first kappa shape index (κ1) is 20.9. The molecule has 2 aromatic rings. The number of fused-ring (bicyclic) bond motifs is 1. The summed E-state index contributed by atoms with van der Waals surface area (Å²) in [5.74, 6) is -0.960. The minimum atomic E-state index is -3.72. The van der Waals surface area contributed by atoms with Gasteiger partial charge < -0.3 is 5.32 Å². The number of aryl methyl sites for hydroxylation is 2. The molecule has 3 rings (SSSR count). The smallest absolute Gasteiger partial charge is 0.253 e. The number of carbonyl (C=O) groups excluding carboxylic acids is 2. The van der Waals surface area contributed by atoms with E-state index in [4.69, 9.17) is 0 Å². The summed E-state index contributed by atoms with van der Waals surface area (Å²) in [4.78, 5) is 27.6. The zero-order chi connectivity index (χ0) is 21.2. The van der Waals surface area contributed by atoms with Crippen molar-refractivity contribution in [3.63, 3.8) is 0 Å². The van der Waals surface area contributed by atoms with Gasteiger partial charge in [-0.25, -0.2) is 18.1 Å². The van der Waals surface area contributed by atoms with Gasteiger partial charge in [0, 0.05) is 19.2 Å². The molecule has 29 heavy (non-hydrogen) atoms. The van der Waals surface area contributed by atoms with Gasteiger partial charge in [0.2, 0.25) is 15.9 Å². The Bertz CT molecular complexity index is 1190. The Kier molecular flexibility index (Phi) is 5.95. The van der Waals surface area contributed by atoms with Crippen LogP contribution in [0, 0.1) is 19.8 Å². The number of carbonyl (C=O) groups is 2. The van der Waals surface area contributed by atoms with Crippen LogP contribution in [0.3, 0.4) is 0 Å². The first-order valence-corrected chi connectivity index (χ1v) is 10.7. The average Bonchev–Trinajstić information content (AvgIpc) is 2.64. The van der Waals surface area contributed by atoms with Crippen LogP contribution in [-0.4, -0.2) is 26.8 Å². The van der Waals surface area contributed by atoms with E-state index in [1.807, 2.05) is 32.1 Å². The molecule has 0 aromatic heterocycles. The van der Waals surface area contributed by atoms with Gasteiger partial charge in [0.25, 0.3) is 5.91 Å². The summed E-state index contributed by atoms with van der Waals surface area (Å²) in [7, 11) is -3.72. The summed E-state index contributed by atoms with van der Waals surface area (Å²) in [5, 5.41) is 4.14. The minimum Gasteiger partial charge on any atom is -0.326 e. The number of hydrogen-bond donors (Lipinski definition) is 2. The van der Waals surface area contributed by atoms with Crippen LogP contribution in [0.1, 0.15) is 24.5 Å². The predicted octanol–water partition coefficient (Wildman–Crippen LogP) is 1.19. The molecule has 0 saturated heterocycles. The van der Waals surface area contributed by atoms with Gasteiger partial charge in [0.1, 0.15) is 0 Å². The number of sulfonamides is 1. The average molecular weight is 413 g/mol. The van der Waals surface area contributed by atoms with Crippen LogP contribution >= 0.6 is 0 Å². The van der Waals surface area contributed by atoms with E-state index in [9.17, 15) is 18.0 Å². The molecule has 8 heteroatoms. The maximum absolute atomic E-state index is 12.5. The molecule has 1 atom stereocenters. The lowest BCUT2D eigenvalue weighted by atomic mass is 9.98. The quantitative estimate of drug-likeness (QED) is 0.742. The predicted molar refractivity (Wildman–Crippen MR) is 110 cm³/mol. The number of rotatable bonds is 6. The molecule has 2 aromatic carbocycles. The second-order valence-electron chi connectivity index (χ2n) is 7.11. The van der Waals surface area contributed by atoms with Gasteiger partial charge in [0.05, 0.1) is 16.2 Å². The van der Waals surface area contributed by atoms with E-state index >= 15 is 0 Å². The Balaban J connectivity index is 1.67. The van der Waals surface area contributed by atoms with E-state index in [1.54, 1.807) is 0 Å². The third-order valence-corrected chi connectivity index (χ3v) is 6.28. The van der Waals surface area contributed by atoms with Gasteiger partial charge in [-0.2, -0.15) is 0 Å². The van der Waals surface area contributed by atoms with E-state index in [0.29, 0.717) is 17.5 Å². The number of anilines is 1. The van der Waals surface area contributed by atoms with E-state index in [-0.39, 0.29) is 23.3 Å². The molecule has 1 aliphatic heterocycles. The Labute approximate surface area is 169 Å². The van der Waals surface area contributed by atoms with Crippen molar-refractivity contribution >= 4 is 33.6 Å². The second kappa shape index (κ2) is 8.26. The Morgan fingerprint density at radius 1 is 1.10 bits per heavy atom. The highest BCUT2D eigenvalue weighted by atomic mass is 32.2. The molecule has 0 spiro atoms. The number of hydrogen-bond acceptors (Lipinski definition) is 4. The molecule has 0 bridgehead atoms. The Morgan fingerprint density at radius 2 is 1.76 bits per heavy atom. The van der Waals surface area contributed by atoms with Gasteiger partial charge in [-0.1, -0.05) is 6.08 Å². The number of nitrogens with zero attached hydrogens (tertiary/aromatic N) is 1. The fourth-order valence-corrected chi connectivity index (χ4v) is 4.15. The topological polar surface area (TPSA) is 105 Å². The number of amides is 2. The molecule has 2 amide bonds. The first-order valence-electron chi connectivity index (χ1n) is 9.25. The Morgan fingerprint density at radius 3 is 2.41 bits per heavy atom. The molecular formula is C21H23N3O4S. The summed E-state index contributed by atoms with van der Waals surface area (Å²) in [5.41, 5.74) is 2.71. The minimum absolute atomic E-state index is 0.0895. The molecule has 152 valence electrons. The van der Waals surface area contributed by atoms with Gasteiger partial charge in [-0.3, -0.25) is 9.59 Å². The Hall–Kier alpha value is -2.84. The van der Waals surface area contributed by atoms with Gasteiger partial charge in [-0.15, -0.1) is 0 Å². The summed E-state index contributed by atoms with van der Waals surface area (Å²) < 4.78 is 27.4. The van der Waals surface area contributed by atoms with Crippen LogP contribution in [0.5, 0.6) is 0 Å². The number of benzene rings is 2. The molecule has 1 unspecified atom stereocenters. The van der Waals surface area contributed by atoms with Crippen LogP contribution in [0.25, 0.3) is 6.08 Å². The highest BCUT2D eigenvalue weighted by Gasteiger charge is 2.20. The summed E-state index contributed by atoms with van der Waals surface area (Å²) in [6.45, 7) is 5.46. The van der Waals surface area contributed by atoms with E-state index in [0.717, 1.165) is 16.3 Å². The normalized spacial score (nSPS) is 15.8. The second-order valence-corrected chi connectivity index (χ2v) is 8.88. The highest BCUT2D eigenvalue weighted by molar-refractivity contribution is 7.89. The van der Waals surface area contributed by atoms with Crippen LogP contribution in [0.15, 0.2) is 46.3 Å². The van der Waals surface area contributed by atoms with Crippen molar-refractivity contribution in [2.75, 3.05) is 11.9 Å². The fraction of sp³-hybridized carbons (Fsp3) is 0.286. The van der Waals surface area contributed by atoms with Gasteiger partial charge in [0.15, 0.2) is 0 Å². The molecular weight excluding hydrogens is 390 g/mol. The van der Waals surface area contributed by atoms with E-state index in [2.05, 4.69) is 15.0 Å². The molecule has 0 fully saturated rings. The molecule has 0 radical (unpaired) electrons. The summed E-state index contributed by atoms with van der Waals surface area (Å²) in [6, 6.07) is 9.77. The van der Waals surface area contributed by atoms with Crippen LogP contribution < -0.4 is 20.6 Å². The lowest BCUT2D eigenvalue weighted by molar-refractivity contribution is -0.120. The largest absolute Gasteiger partial charge is 0.326 e. The molecule has 1 heterocycles. The number of nitrogens with one attached hydrogen (secondary N) is 2. The highest BCUT2D eigenvalue weighted by Crippen LogP contribution is 2.15. The van der Waals surface area contributed by atoms with Crippen molar-refractivity contribution in [1.82, 2.24) is 4.72 Å². The van der Waals surface area contributed by atoms with Crippen LogP contribution in [0.2, 0.25) is 0 Å². The standard InChI is InChI=1S/C21H23N3O4S/c1-13-10-17-12-16(21(26)24-20(17)11-14(13)2)8-9-22-29(27,28)19-6-4-18(5-7-19)23-15(3)25/h4-7,10-12,16,22H,8-9H2,1-3H3,(H,23,25).